The zero-order valence-corrected chi connectivity index (χ0v) is 15.7. The summed E-state index contributed by atoms with van der Waals surface area (Å²) in [6.07, 6.45) is 3.64. The Bertz CT molecular complexity index is 678. The van der Waals surface area contributed by atoms with E-state index in [1.54, 1.807) is 13.8 Å². The normalized spacial score (nSPS) is 13.7. The van der Waals surface area contributed by atoms with Crippen molar-refractivity contribution < 1.29 is 19.1 Å². The third-order valence-corrected chi connectivity index (χ3v) is 5.50. The van der Waals surface area contributed by atoms with Gasteiger partial charge >= 0.3 is 148 Å². The number of carbonyl (C=O) groups is 2. The number of carbonyl (C=O) groups excluding carboxylic acids is 2. The maximum atomic E-state index is 12.2. The summed E-state index contributed by atoms with van der Waals surface area (Å²) in [5.41, 5.74) is 2.87. The van der Waals surface area contributed by atoms with Crippen molar-refractivity contribution in [3.8, 4) is 0 Å². The predicted octanol–water partition coefficient (Wildman–Crippen LogP) is 3.07. The Morgan fingerprint density at radius 1 is 0.917 bits per heavy atom. The van der Waals surface area contributed by atoms with Crippen LogP contribution in [0.4, 0.5) is 0 Å². The van der Waals surface area contributed by atoms with Gasteiger partial charge in [0, 0.05) is 0 Å². The van der Waals surface area contributed by atoms with Gasteiger partial charge in [0.05, 0.1) is 0 Å². The fourth-order valence-corrected chi connectivity index (χ4v) is 4.05. The molecule has 0 saturated carbocycles. The number of hydrogen-bond acceptors (Lipinski definition) is 4. The molecule has 0 spiro atoms. The molecular weight excluding hydrogens is 371 g/mol. The number of esters is 2. The first-order valence-corrected chi connectivity index (χ1v) is 9.49. The Morgan fingerprint density at radius 3 is 1.88 bits per heavy atom. The second-order valence-electron chi connectivity index (χ2n) is 5.01. The molecule has 5 heteroatoms. The van der Waals surface area contributed by atoms with Crippen LogP contribution in [-0.4, -0.2) is 40.1 Å². The van der Waals surface area contributed by atoms with E-state index in [0.29, 0.717) is 22.2 Å². The van der Waals surface area contributed by atoms with Gasteiger partial charge in [0.2, 0.25) is 0 Å². The van der Waals surface area contributed by atoms with Crippen LogP contribution >= 0.6 is 0 Å². The molecule has 0 aromatic heterocycles. The van der Waals surface area contributed by atoms with Crippen LogP contribution in [0.5, 0.6) is 0 Å². The quantitative estimate of drug-likeness (QED) is 0.572. The van der Waals surface area contributed by atoms with Gasteiger partial charge in [0.15, 0.2) is 0 Å². The third kappa shape index (κ3) is 4.46. The van der Waals surface area contributed by atoms with Gasteiger partial charge in [-0.15, -0.1) is 0 Å². The Balaban J connectivity index is 2.46. The van der Waals surface area contributed by atoms with Crippen molar-refractivity contribution in [1.82, 2.24) is 0 Å². The van der Waals surface area contributed by atoms with Gasteiger partial charge < -0.3 is 0 Å². The second kappa shape index (κ2) is 8.67. The molecule has 0 aliphatic carbocycles. The van der Waals surface area contributed by atoms with Crippen LogP contribution in [-0.2, 0) is 19.1 Å². The van der Waals surface area contributed by atoms with E-state index < -0.39 is 15.0 Å². The number of benzene rings is 1. The fourth-order valence-electron chi connectivity index (χ4n) is 2.18. The standard InChI is InChI=1S/C19H20O4Se/c1-4-22-18(20)16-11-15(12-17(24-16)19(21)23-5-2)13(3)14-9-7-6-8-10-14/h6-12H,4-5H2,1-3H3. The number of ether oxygens (including phenoxy) is 2. The second-order valence-corrected chi connectivity index (χ2v) is 7.28. The summed E-state index contributed by atoms with van der Waals surface area (Å²) >= 11 is -0.418. The molecule has 0 fully saturated rings. The van der Waals surface area contributed by atoms with E-state index in [2.05, 4.69) is 0 Å². The molecule has 0 N–H and O–H groups in total. The van der Waals surface area contributed by atoms with Crippen molar-refractivity contribution in [3.05, 3.63) is 62.6 Å². The van der Waals surface area contributed by atoms with Gasteiger partial charge in [-0.2, -0.15) is 0 Å². The van der Waals surface area contributed by atoms with E-state index in [4.69, 9.17) is 9.47 Å². The van der Waals surface area contributed by atoms with Crippen molar-refractivity contribution in [3.63, 3.8) is 0 Å². The summed E-state index contributed by atoms with van der Waals surface area (Å²) in [5.74, 6) is -0.739. The van der Waals surface area contributed by atoms with E-state index in [0.717, 1.165) is 16.7 Å². The molecule has 0 saturated heterocycles. The molecule has 1 aromatic carbocycles. The Morgan fingerprint density at radius 2 is 1.42 bits per heavy atom. The van der Waals surface area contributed by atoms with Crippen molar-refractivity contribution in [2.75, 3.05) is 13.2 Å². The predicted molar refractivity (Wildman–Crippen MR) is 94.2 cm³/mol. The van der Waals surface area contributed by atoms with Crippen LogP contribution in [0.1, 0.15) is 26.3 Å². The van der Waals surface area contributed by atoms with E-state index in [1.807, 2.05) is 49.4 Å². The first kappa shape index (κ1) is 18.2. The van der Waals surface area contributed by atoms with Gasteiger partial charge in [0.1, 0.15) is 0 Å². The number of hydrogen-bond donors (Lipinski definition) is 0. The summed E-state index contributed by atoms with van der Waals surface area (Å²) in [4.78, 5) is 24.3. The minimum absolute atomic E-state index is 0.307. The molecule has 1 aromatic rings. The molecule has 0 radical (unpaired) electrons. The summed E-state index contributed by atoms with van der Waals surface area (Å²) < 4.78 is 11.3. The number of allylic oxidation sites excluding steroid dienone is 4. The Labute approximate surface area is 148 Å². The van der Waals surface area contributed by atoms with Crippen LogP contribution in [0, 0.1) is 0 Å². The first-order chi connectivity index (χ1) is 11.6. The molecule has 0 unspecified atom stereocenters. The van der Waals surface area contributed by atoms with E-state index >= 15 is 0 Å². The molecular formula is C19H20O4Se. The van der Waals surface area contributed by atoms with Gasteiger partial charge in [-0.25, -0.2) is 0 Å². The van der Waals surface area contributed by atoms with E-state index in [1.165, 1.54) is 0 Å². The van der Waals surface area contributed by atoms with Crippen LogP contribution in [0.2, 0.25) is 0 Å². The minimum atomic E-state index is -0.418. The molecule has 126 valence electrons. The van der Waals surface area contributed by atoms with Gasteiger partial charge in [-0.1, -0.05) is 0 Å². The summed E-state index contributed by atoms with van der Waals surface area (Å²) in [6.45, 7) is 6.12. The van der Waals surface area contributed by atoms with Crippen LogP contribution in [0.15, 0.2) is 57.0 Å². The molecule has 1 heterocycles. The van der Waals surface area contributed by atoms with Crippen LogP contribution in [0.3, 0.4) is 0 Å². The van der Waals surface area contributed by atoms with Crippen LogP contribution < -0.4 is 0 Å². The van der Waals surface area contributed by atoms with Crippen molar-refractivity contribution in [1.29, 1.82) is 0 Å². The summed E-state index contributed by atoms with van der Waals surface area (Å²) in [5, 5.41) is 0. The molecule has 0 bridgehead atoms. The summed E-state index contributed by atoms with van der Waals surface area (Å²) in [7, 11) is 0. The fraction of sp³-hybridized carbons (Fsp3) is 0.263. The molecule has 24 heavy (non-hydrogen) atoms. The SMILES string of the molecule is CCOC(=O)C1=CC(=C(C)c2ccccc2)C=C(C(=O)OCC)[Se]1. The zero-order valence-electron chi connectivity index (χ0n) is 14.0. The monoisotopic (exact) mass is 392 g/mol. The third-order valence-electron chi connectivity index (χ3n) is 3.39. The zero-order chi connectivity index (χ0) is 17.5. The molecule has 0 atom stereocenters. The molecule has 1 aliphatic rings. The van der Waals surface area contributed by atoms with E-state index in [-0.39, 0.29) is 11.9 Å². The van der Waals surface area contributed by atoms with Crippen molar-refractivity contribution >= 4 is 32.5 Å². The summed E-state index contributed by atoms with van der Waals surface area (Å²) in [6, 6.07) is 9.86. The van der Waals surface area contributed by atoms with Crippen LogP contribution in [0.25, 0.3) is 5.57 Å². The average molecular weight is 391 g/mol. The molecule has 4 nitrogen and oxygen atoms in total. The maximum absolute atomic E-state index is 12.2. The average Bonchev–Trinajstić information content (AvgIpc) is 2.62. The molecule has 0 amide bonds. The topological polar surface area (TPSA) is 52.6 Å². The first-order valence-electron chi connectivity index (χ1n) is 7.78. The van der Waals surface area contributed by atoms with Crippen molar-refractivity contribution in [2.45, 2.75) is 20.8 Å². The van der Waals surface area contributed by atoms with Gasteiger partial charge in [-0.3, -0.25) is 0 Å². The molecule has 1 aliphatic heterocycles. The van der Waals surface area contributed by atoms with Gasteiger partial charge in [-0.05, 0) is 0 Å². The van der Waals surface area contributed by atoms with E-state index in [9.17, 15) is 9.59 Å². The van der Waals surface area contributed by atoms with Crippen molar-refractivity contribution in [2.24, 2.45) is 0 Å². The number of rotatable bonds is 5. The molecule has 2 rings (SSSR count). The Hall–Kier alpha value is -2.10. The Kier molecular flexibility index (Phi) is 6.59. The van der Waals surface area contributed by atoms with Gasteiger partial charge in [0.25, 0.3) is 0 Å².